The Bertz CT molecular complexity index is 337. The zero-order valence-electron chi connectivity index (χ0n) is 10.8. The van der Waals surface area contributed by atoms with E-state index in [9.17, 15) is 0 Å². The second-order valence-corrected chi connectivity index (χ2v) is 4.24. The molecule has 0 saturated heterocycles. The first kappa shape index (κ1) is 13.7. The van der Waals surface area contributed by atoms with Gasteiger partial charge >= 0.3 is 0 Å². The normalized spacial score (nSPS) is 10.5. The Morgan fingerprint density at radius 3 is 3.06 bits per heavy atom. The Kier molecular flexibility index (Phi) is 6.33. The number of hydrogen-bond acceptors (Lipinski definition) is 3. The van der Waals surface area contributed by atoms with E-state index in [1.165, 1.54) is 0 Å². The quantitative estimate of drug-likeness (QED) is 0.554. The molecule has 0 atom stereocenters. The van der Waals surface area contributed by atoms with Gasteiger partial charge in [0, 0.05) is 18.3 Å². The van der Waals surface area contributed by atoms with E-state index in [1.807, 2.05) is 32.1 Å². The van der Waals surface area contributed by atoms with E-state index < -0.39 is 0 Å². The minimum absolute atomic E-state index is 0.157. The second kappa shape index (κ2) is 7.85. The molecule has 0 amide bonds. The number of hydrogen-bond donors (Lipinski definition) is 1. The minimum Gasteiger partial charge on any atom is -0.475 e. The van der Waals surface area contributed by atoms with Gasteiger partial charge in [-0.1, -0.05) is 12.1 Å². The number of rotatable bonds is 8. The summed E-state index contributed by atoms with van der Waals surface area (Å²) in [7, 11) is 0. The standard InChI is InChI=1S/C14H22N2O/c1-4-5-6-9-15-11-13-8-7-10-16-14(13)17-12(2)3/h4,7-8,10,12,15H,1,5-6,9,11H2,2-3H3. The van der Waals surface area contributed by atoms with E-state index in [2.05, 4.69) is 16.9 Å². The van der Waals surface area contributed by atoms with Crippen LogP contribution in [0, 0.1) is 0 Å². The average molecular weight is 234 g/mol. The maximum atomic E-state index is 5.66. The average Bonchev–Trinajstić information content (AvgIpc) is 2.30. The molecule has 0 saturated carbocycles. The summed E-state index contributed by atoms with van der Waals surface area (Å²) in [4.78, 5) is 4.26. The number of allylic oxidation sites excluding steroid dienone is 1. The van der Waals surface area contributed by atoms with Crippen LogP contribution in [0.3, 0.4) is 0 Å². The van der Waals surface area contributed by atoms with Gasteiger partial charge in [0.25, 0.3) is 0 Å². The van der Waals surface area contributed by atoms with Gasteiger partial charge in [0.15, 0.2) is 0 Å². The summed E-state index contributed by atoms with van der Waals surface area (Å²) in [5.74, 6) is 0.735. The van der Waals surface area contributed by atoms with Crippen LogP contribution < -0.4 is 10.1 Å². The highest BCUT2D eigenvalue weighted by Crippen LogP contribution is 2.15. The smallest absolute Gasteiger partial charge is 0.218 e. The predicted octanol–water partition coefficient (Wildman–Crippen LogP) is 2.92. The molecule has 0 bridgehead atoms. The lowest BCUT2D eigenvalue weighted by Gasteiger charge is -2.13. The molecule has 0 aliphatic heterocycles. The molecule has 1 rings (SSSR count). The highest BCUT2D eigenvalue weighted by Gasteiger charge is 2.05. The summed E-state index contributed by atoms with van der Waals surface area (Å²) < 4.78 is 5.66. The van der Waals surface area contributed by atoms with E-state index in [1.54, 1.807) is 6.20 Å². The molecule has 0 spiro atoms. The van der Waals surface area contributed by atoms with Gasteiger partial charge in [-0.2, -0.15) is 0 Å². The molecular formula is C14H22N2O. The van der Waals surface area contributed by atoms with Gasteiger partial charge in [-0.15, -0.1) is 6.58 Å². The van der Waals surface area contributed by atoms with Crippen molar-refractivity contribution in [2.24, 2.45) is 0 Å². The summed E-state index contributed by atoms with van der Waals surface area (Å²) in [5.41, 5.74) is 1.11. The molecule has 3 nitrogen and oxygen atoms in total. The third kappa shape index (κ3) is 5.50. The van der Waals surface area contributed by atoms with Crippen LogP contribution in [0.4, 0.5) is 0 Å². The summed E-state index contributed by atoms with van der Waals surface area (Å²) in [5, 5.41) is 3.38. The van der Waals surface area contributed by atoms with Crippen LogP contribution in [0.5, 0.6) is 5.88 Å². The van der Waals surface area contributed by atoms with Crippen LogP contribution in [0.2, 0.25) is 0 Å². The van der Waals surface area contributed by atoms with Crippen molar-refractivity contribution in [2.45, 2.75) is 39.3 Å². The molecule has 0 aliphatic carbocycles. The van der Waals surface area contributed by atoms with E-state index >= 15 is 0 Å². The van der Waals surface area contributed by atoms with Crippen LogP contribution in [0.25, 0.3) is 0 Å². The largest absolute Gasteiger partial charge is 0.475 e. The molecule has 1 heterocycles. The summed E-state index contributed by atoms with van der Waals surface area (Å²) in [6, 6.07) is 3.99. The zero-order chi connectivity index (χ0) is 12.5. The van der Waals surface area contributed by atoms with Crippen molar-refractivity contribution >= 4 is 0 Å². The maximum absolute atomic E-state index is 5.66. The van der Waals surface area contributed by atoms with Crippen molar-refractivity contribution in [3.63, 3.8) is 0 Å². The minimum atomic E-state index is 0.157. The van der Waals surface area contributed by atoms with E-state index in [4.69, 9.17) is 4.74 Å². The van der Waals surface area contributed by atoms with Gasteiger partial charge in [-0.25, -0.2) is 4.98 Å². The van der Waals surface area contributed by atoms with Crippen LogP contribution in [0.15, 0.2) is 31.0 Å². The van der Waals surface area contributed by atoms with Gasteiger partial charge in [0.05, 0.1) is 6.10 Å². The van der Waals surface area contributed by atoms with Crippen molar-refractivity contribution in [1.82, 2.24) is 10.3 Å². The fourth-order valence-electron chi connectivity index (χ4n) is 1.48. The van der Waals surface area contributed by atoms with E-state index in [0.717, 1.165) is 37.4 Å². The molecule has 0 aliphatic rings. The van der Waals surface area contributed by atoms with Gasteiger partial charge in [-0.05, 0) is 39.3 Å². The van der Waals surface area contributed by atoms with Gasteiger partial charge in [-0.3, -0.25) is 0 Å². The molecular weight excluding hydrogens is 212 g/mol. The molecule has 0 unspecified atom stereocenters. The van der Waals surface area contributed by atoms with Crippen molar-refractivity contribution in [3.05, 3.63) is 36.5 Å². The highest BCUT2D eigenvalue weighted by molar-refractivity contribution is 5.25. The van der Waals surface area contributed by atoms with E-state index in [-0.39, 0.29) is 6.10 Å². The number of nitrogens with zero attached hydrogens (tertiary/aromatic N) is 1. The topological polar surface area (TPSA) is 34.2 Å². The fraction of sp³-hybridized carbons (Fsp3) is 0.500. The lowest BCUT2D eigenvalue weighted by molar-refractivity contribution is 0.229. The van der Waals surface area contributed by atoms with Crippen molar-refractivity contribution < 1.29 is 4.74 Å². The van der Waals surface area contributed by atoms with Gasteiger partial charge < -0.3 is 10.1 Å². The molecule has 0 fully saturated rings. The number of ether oxygens (including phenoxy) is 1. The van der Waals surface area contributed by atoms with Gasteiger partial charge in [0.2, 0.25) is 5.88 Å². The van der Waals surface area contributed by atoms with Crippen LogP contribution in [-0.2, 0) is 6.54 Å². The third-order valence-corrected chi connectivity index (χ3v) is 2.27. The van der Waals surface area contributed by atoms with Gasteiger partial charge in [0.1, 0.15) is 0 Å². The first-order chi connectivity index (χ1) is 8.24. The molecule has 1 aromatic rings. The first-order valence-electron chi connectivity index (χ1n) is 6.16. The number of nitrogens with one attached hydrogen (secondary N) is 1. The molecule has 3 heteroatoms. The van der Waals surface area contributed by atoms with Crippen molar-refractivity contribution in [3.8, 4) is 5.88 Å². The summed E-state index contributed by atoms with van der Waals surface area (Å²) in [6.07, 6.45) is 6.03. The Morgan fingerprint density at radius 2 is 2.35 bits per heavy atom. The van der Waals surface area contributed by atoms with Crippen LogP contribution in [-0.4, -0.2) is 17.6 Å². The molecule has 1 aromatic heterocycles. The first-order valence-corrected chi connectivity index (χ1v) is 6.16. The second-order valence-electron chi connectivity index (χ2n) is 4.24. The molecule has 0 aromatic carbocycles. The maximum Gasteiger partial charge on any atom is 0.218 e. The Hall–Kier alpha value is -1.35. The number of unbranched alkanes of at least 4 members (excludes halogenated alkanes) is 1. The summed E-state index contributed by atoms with van der Waals surface area (Å²) in [6.45, 7) is 9.51. The van der Waals surface area contributed by atoms with Crippen LogP contribution in [0.1, 0.15) is 32.3 Å². The van der Waals surface area contributed by atoms with Crippen molar-refractivity contribution in [2.75, 3.05) is 6.54 Å². The summed E-state index contributed by atoms with van der Waals surface area (Å²) >= 11 is 0. The SMILES string of the molecule is C=CCCCNCc1cccnc1OC(C)C. The fourth-order valence-corrected chi connectivity index (χ4v) is 1.48. The molecule has 0 radical (unpaired) electrons. The lowest BCUT2D eigenvalue weighted by Crippen LogP contribution is -2.17. The molecule has 1 N–H and O–H groups in total. The van der Waals surface area contributed by atoms with Crippen molar-refractivity contribution in [1.29, 1.82) is 0 Å². The Balaban J connectivity index is 2.43. The highest BCUT2D eigenvalue weighted by atomic mass is 16.5. The van der Waals surface area contributed by atoms with Crippen LogP contribution >= 0.6 is 0 Å². The lowest BCUT2D eigenvalue weighted by atomic mass is 10.2. The predicted molar refractivity (Wildman–Crippen MR) is 71.1 cm³/mol. The molecule has 17 heavy (non-hydrogen) atoms. The molecule has 94 valence electrons. The Morgan fingerprint density at radius 1 is 1.53 bits per heavy atom. The number of aromatic nitrogens is 1. The van der Waals surface area contributed by atoms with E-state index in [0.29, 0.717) is 0 Å². The third-order valence-electron chi connectivity index (χ3n) is 2.27. The zero-order valence-corrected chi connectivity index (χ0v) is 10.8. The Labute approximate surface area is 104 Å². The monoisotopic (exact) mass is 234 g/mol. The number of pyridine rings is 1.